The van der Waals surface area contributed by atoms with E-state index in [4.69, 9.17) is 11.6 Å². The Morgan fingerprint density at radius 1 is 1.33 bits per heavy atom. The molecule has 2 rings (SSSR count). The van der Waals surface area contributed by atoms with Crippen molar-refractivity contribution in [1.29, 1.82) is 0 Å². The fourth-order valence-electron chi connectivity index (χ4n) is 2.83. The Hall–Kier alpha value is -0.760. The molecule has 1 heterocycles. The Bertz CT molecular complexity index is 372. The third-order valence-corrected chi connectivity index (χ3v) is 4.41. The molecule has 2 atom stereocenters. The molecule has 0 aromatic carbocycles. The zero-order valence-corrected chi connectivity index (χ0v) is 12.1. The van der Waals surface area contributed by atoms with Crippen LogP contribution < -0.4 is 5.32 Å². The summed E-state index contributed by atoms with van der Waals surface area (Å²) in [6.07, 6.45) is 9.64. The Kier molecular flexibility index (Phi) is 4.87. The molecule has 0 saturated heterocycles. The maximum absolute atomic E-state index is 6.17. The second-order valence-electron chi connectivity index (χ2n) is 5.42. The zero-order valence-electron chi connectivity index (χ0n) is 11.4. The van der Waals surface area contributed by atoms with Gasteiger partial charge in [0.1, 0.15) is 0 Å². The fourth-order valence-corrected chi connectivity index (χ4v) is 3.09. The van der Waals surface area contributed by atoms with E-state index in [-0.39, 0.29) is 0 Å². The average molecular weight is 267 g/mol. The van der Waals surface area contributed by atoms with E-state index in [1.165, 1.54) is 44.1 Å². The largest absolute Gasteiger partial charge is 0.380 e. The molecule has 1 aliphatic rings. The Morgan fingerprint density at radius 3 is 2.89 bits per heavy atom. The summed E-state index contributed by atoms with van der Waals surface area (Å²) in [5.41, 5.74) is 2.21. The SMILES string of the molecule is CCC1CCCC(Nc2c(C)ccnc2Cl)CC1. The molecule has 1 aromatic rings. The Labute approximate surface area is 115 Å². The van der Waals surface area contributed by atoms with E-state index >= 15 is 0 Å². The third kappa shape index (κ3) is 3.38. The van der Waals surface area contributed by atoms with Crippen molar-refractivity contribution >= 4 is 17.3 Å². The lowest BCUT2D eigenvalue weighted by Crippen LogP contribution is -2.19. The molecule has 0 spiro atoms. The average Bonchev–Trinajstić information content (AvgIpc) is 2.59. The second-order valence-corrected chi connectivity index (χ2v) is 5.78. The highest BCUT2D eigenvalue weighted by Crippen LogP contribution is 2.30. The van der Waals surface area contributed by atoms with Crippen molar-refractivity contribution in [3.63, 3.8) is 0 Å². The van der Waals surface area contributed by atoms with Gasteiger partial charge in [0.05, 0.1) is 5.69 Å². The van der Waals surface area contributed by atoms with Crippen molar-refractivity contribution in [2.45, 2.75) is 58.4 Å². The van der Waals surface area contributed by atoms with Gasteiger partial charge in [0.15, 0.2) is 5.15 Å². The molecule has 3 heteroatoms. The van der Waals surface area contributed by atoms with Crippen LogP contribution in [0.4, 0.5) is 5.69 Å². The van der Waals surface area contributed by atoms with E-state index in [2.05, 4.69) is 24.1 Å². The maximum atomic E-state index is 6.17. The monoisotopic (exact) mass is 266 g/mol. The Balaban J connectivity index is 2.01. The van der Waals surface area contributed by atoms with Crippen LogP contribution in [0.1, 0.15) is 51.0 Å². The molecule has 2 unspecified atom stereocenters. The molecule has 1 aliphatic carbocycles. The minimum absolute atomic E-state index is 0.557. The first-order valence-corrected chi connectivity index (χ1v) is 7.46. The van der Waals surface area contributed by atoms with Gasteiger partial charge in [-0.15, -0.1) is 0 Å². The smallest absolute Gasteiger partial charge is 0.152 e. The van der Waals surface area contributed by atoms with Crippen LogP contribution in [0.15, 0.2) is 12.3 Å². The minimum atomic E-state index is 0.557. The molecule has 1 saturated carbocycles. The van der Waals surface area contributed by atoms with Gasteiger partial charge in [0.25, 0.3) is 0 Å². The van der Waals surface area contributed by atoms with Crippen LogP contribution >= 0.6 is 11.6 Å². The lowest BCUT2D eigenvalue weighted by molar-refractivity contribution is 0.444. The summed E-state index contributed by atoms with van der Waals surface area (Å²) in [5, 5.41) is 4.21. The molecular weight excluding hydrogens is 244 g/mol. The molecular formula is C15H23ClN2. The van der Waals surface area contributed by atoms with Gasteiger partial charge >= 0.3 is 0 Å². The summed E-state index contributed by atoms with van der Waals surface area (Å²) in [5.74, 6) is 0.919. The number of halogens is 1. The van der Waals surface area contributed by atoms with Crippen molar-refractivity contribution < 1.29 is 0 Å². The third-order valence-electron chi connectivity index (χ3n) is 4.13. The molecule has 2 nitrogen and oxygen atoms in total. The predicted molar refractivity (Wildman–Crippen MR) is 78.3 cm³/mol. The molecule has 100 valence electrons. The van der Waals surface area contributed by atoms with Crippen LogP contribution in [-0.4, -0.2) is 11.0 Å². The first kappa shape index (κ1) is 13.7. The highest BCUT2D eigenvalue weighted by molar-refractivity contribution is 6.32. The van der Waals surface area contributed by atoms with Gasteiger partial charge in [-0.25, -0.2) is 4.98 Å². The standard InChI is InChI=1S/C15H23ClN2/c1-3-12-5-4-6-13(8-7-12)18-14-11(2)9-10-17-15(14)16/h9-10,12-13,18H,3-8H2,1-2H3. The number of anilines is 1. The molecule has 0 aliphatic heterocycles. The number of hydrogen-bond acceptors (Lipinski definition) is 2. The van der Waals surface area contributed by atoms with Crippen molar-refractivity contribution in [3.05, 3.63) is 23.0 Å². The van der Waals surface area contributed by atoms with E-state index in [0.717, 1.165) is 11.6 Å². The van der Waals surface area contributed by atoms with Gasteiger partial charge in [0.2, 0.25) is 0 Å². The predicted octanol–water partition coefficient (Wildman–Crippen LogP) is 4.81. The quantitative estimate of drug-likeness (QED) is 0.627. The van der Waals surface area contributed by atoms with Crippen molar-refractivity contribution in [1.82, 2.24) is 4.98 Å². The van der Waals surface area contributed by atoms with Crippen LogP contribution in [0.2, 0.25) is 5.15 Å². The van der Waals surface area contributed by atoms with E-state index in [0.29, 0.717) is 11.2 Å². The molecule has 0 radical (unpaired) electrons. The summed E-state index contributed by atoms with van der Waals surface area (Å²) in [6, 6.07) is 2.57. The zero-order chi connectivity index (χ0) is 13.0. The fraction of sp³-hybridized carbons (Fsp3) is 0.667. The van der Waals surface area contributed by atoms with Crippen LogP contribution in [-0.2, 0) is 0 Å². The second kappa shape index (κ2) is 6.42. The van der Waals surface area contributed by atoms with E-state index < -0.39 is 0 Å². The van der Waals surface area contributed by atoms with Crippen molar-refractivity contribution in [2.24, 2.45) is 5.92 Å². The van der Waals surface area contributed by atoms with Gasteiger partial charge < -0.3 is 5.32 Å². The number of pyridine rings is 1. The van der Waals surface area contributed by atoms with Crippen molar-refractivity contribution in [3.8, 4) is 0 Å². The van der Waals surface area contributed by atoms with Gasteiger partial charge in [-0.2, -0.15) is 0 Å². The molecule has 0 amide bonds. The molecule has 18 heavy (non-hydrogen) atoms. The number of aromatic nitrogens is 1. The first-order valence-electron chi connectivity index (χ1n) is 7.08. The summed E-state index contributed by atoms with van der Waals surface area (Å²) in [4.78, 5) is 4.16. The maximum Gasteiger partial charge on any atom is 0.152 e. The van der Waals surface area contributed by atoms with E-state index in [9.17, 15) is 0 Å². The summed E-state index contributed by atoms with van der Waals surface area (Å²) >= 11 is 6.17. The van der Waals surface area contributed by atoms with Crippen LogP contribution in [0, 0.1) is 12.8 Å². The molecule has 0 bridgehead atoms. The number of hydrogen-bond donors (Lipinski definition) is 1. The van der Waals surface area contributed by atoms with Crippen LogP contribution in [0.3, 0.4) is 0 Å². The Morgan fingerprint density at radius 2 is 2.17 bits per heavy atom. The summed E-state index contributed by atoms with van der Waals surface area (Å²) < 4.78 is 0. The van der Waals surface area contributed by atoms with Crippen LogP contribution in [0.25, 0.3) is 0 Å². The van der Waals surface area contributed by atoms with Crippen molar-refractivity contribution in [2.75, 3.05) is 5.32 Å². The highest BCUT2D eigenvalue weighted by atomic mass is 35.5. The minimum Gasteiger partial charge on any atom is -0.380 e. The van der Waals surface area contributed by atoms with E-state index in [1.54, 1.807) is 6.20 Å². The van der Waals surface area contributed by atoms with Gasteiger partial charge in [-0.05, 0) is 43.7 Å². The van der Waals surface area contributed by atoms with Gasteiger partial charge in [-0.1, -0.05) is 37.8 Å². The highest BCUT2D eigenvalue weighted by Gasteiger charge is 2.19. The topological polar surface area (TPSA) is 24.9 Å². The van der Waals surface area contributed by atoms with Gasteiger partial charge in [0, 0.05) is 12.2 Å². The van der Waals surface area contributed by atoms with Gasteiger partial charge in [-0.3, -0.25) is 0 Å². The normalized spacial score (nSPS) is 24.6. The first-order chi connectivity index (χ1) is 8.70. The number of nitrogens with one attached hydrogen (secondary N) is 1. The summed E-state index contributed by atoms with van der Waals surface area (Å²) in [7, 11) is 0. The molecule has 1 aromatic heterocycles. The number of nitrogens with zero attached hydrogens (tertiary/aromatic N) is 1. The molecule has 1 fully saturated rings. The summed E-state index contributed by atoms with van der Waals surface area (Å²) in [6.45, 7) is 4.39. The lowest BCUT2D eigenvalue weighted by Gasteiger charge is -2.20. The van der Waals surface area contributed by atoms with E-state index in [1.807, 2.05) is 6.07 Å². The van der Waals surface area contributed by atoms with Crippen LogP contribution in [0.5, 0.6) is 0 Å². The lowest BCUT2D eigenvalue weighted by atomic mass is 9.98. The molecule has 1 N–H and O–H groups in total. The number of aryl methyl sites for hydroxylation is 1. The number of rotatable bonds is 3.